The second kappa shape index (κ2) is 9.64. The van der Waals surface area contributed by atoms with Gasteiger partial charge in [0.2, 0.25) is 17.7 Å². The number of hydrogen-bond donors (Lipinski definition) is 4. The quantitative estimate of drug-likeness (QED) is 0.290. The van der Waals surface area contributed by atoms with E-state index in [0.29, 0.717) is 28.5 Å². The Bertz CT molecular complexity index is 1490. The first-order valence-corrected chi connectivity index (χ1v) is 12.9. The number of aromatic nitrogens is 4. The van der Waals surface area contributed by atoms with Gasteiger partial charge in [0.1, 0.15) is 5.82 Å². The second-order valence-electron chi connectivity index (χ2n) is 8.38. The number of hydrogen-bond acceptors (Lipinski definition) is 11. The number of sulfone groups is 1. The number of anilines is 3. The molecule has 0 saturated heterocycles. The first-order valence-electron chi connectivity index (χ1n) is 11.3. The molecule has 11 nitrogen and oxygen atoms in total. The molecular weight excluding hydrogens is 484 g/mol. The van der Waals surface area contributed by atoms with Crippen LogP contribution < -0.4 is 10.6 Å². The molecule has 0 spiro atoms. The number of aryl methyl sites for hydroxylation is 1. The Kier molecular flexibility index (Phi) is 6.39. The molecule has 2 aromatic heterocycles. The number of benzene rings is 2. The normalized spacial score (nSPS) is 17.2. The highest BCUT2D eigenvalue weighted by atomic mass is 32.2. The maximum absolute atomic E-state index is 12.4. The summed E-state index contributed by atoms with van der Waals surface area (Å²) in [6, 6.07) is 13.6. The first kappa shape index (κ1) is 23.9. The zero-order valence-electron chi connectivity index (χ0n) is 19.3. The fourth-order valence-corrected chi connectivity index (χ4v) is 5.62. The van der Waals surface area contributed by atoms with Gasteiger partial charge in [0.25, 0.3) is 0 Å². The third-order valence-corrected chi connectivity index (χ3v) is 7.69. The molecule has 4 aromatic rings. The van der Waals surface area contributed by atoms with E-state index in [4.69, 9.17) is 4.52 Å². The summed E-state index contributed by atoms with van der Waals surface area (Å²) in [6.45, 7) is 1.48. The van der Waals surface area contributed by atoms with Crippen LogP contribution in [0.3, 0.4) is 0 Å². The van der Waals surface area contributed by atoms with Gasteiger partial charge in [-0.2, -0.15) is 9.97 Å². The van der Waals surface area contributed by atoms with E-state index >= 15 is 0 Å². The molecule has 186 valence electrons. The van der Waals surface area contributed by atoms with Gasteiger partial charge in [0.15, 0.2) is 9.84 Å². The Balaban J connectivity index is 1.50. The highest BCUT2D eigenvalue weighted by molar-refractivity contribution is 7.91. The molecule has 0 fully saturated rings. The minimum absolute atomic E-state index is 0.0868. The molecule has 1 unspecified atom stereocenters. The van der Waals surface area contributed by atoms with Gasteiger partial charge in [-0.1, -0.05) is 35.5 Å². The third-order valence-electron chi connectivity index (χ3n) is 5.87. The molecule has 1 aliphatic rings. The monoisotopic (exact) mass is 508 g/mol. The average Bonchev–Trinajstić information content (AvgIpc) is 3.31. The Labute approximate surface area is 207 Å². The minimum Gasteiger partial charge on any atom is -0.394 e. The van der Waals surface area contributed by atoms with Gasteiger partial charge < -0.3 is 25.4 Å². The highest BCUT2D eigenvalue weighted by Gasteiger charge is 2.29. The van der Waals surface area contributed by atoms with Crippen molar-refractivity contribution in [3.63, 3.8) is 0 Å². The molecule has 4 N–H and O–H groups in total. The maximum atomic E-state index is 12.4. The Morgan fingerprint density at radius 3 is 2.69 bits per heavy atom. The molecule has 0 saturated carbocycles. The van der Waals surface area contributed by atoms with Crippen LogP contribution in [0.25, 0.3) is 11.4 Å². The maximum Gasteiger partial charge on any atom is 0.229 e. The number of nitrogens with zero attached hydrogens (tertiary/aromatic N) is 4. The molecule has 0 bridgehead atoms. The van der Waals surface area contributed by atoms with Gasteiger partial charge in [-0.05, 0) is 30.2 Å². The van der Waals surface area contributed by atoms with Crippen LogP contribution in [0.2, 0.25) is 0 Å². The number of aliphatic hydroxyl groups is 2. The van der Waals surface area contributed by atoms with Crippen LogP contribution in [0.1, 0.15) is 35.6 Å². The van der Waals surface area contributed by atoms with Crippen molar-refractivity contribution in [1.82, 2.24) is 20.1 Å². The topological polar surface area (TPSA) is 163 Å². The van der Waals surface area contributed by atoms with E-state index in [9.17, 15) is 18.6 Å². The number of rotatable bonds is 7. The van der Waals surface area contributed by atoms with Crippen molar-refractivity contribution in [2.45, 2.75) is 30.4 Å². The molecule has 12 heteroatoms. The number of fused-ring (bicyclic) bond motifs is 1. The largest absolute Gasteiger partial charge is 0.394 e. The molecule has 0 aliphatic carbocycles. The average molecular weight is 509 g/mol. The summed E-state index contributed by atoms with van der Waals surface area (Å²) in [5.41, 5.74) is 2.18. The van der Waals surface area contributed by atoms with Crippen molar-refractivity contribution in [2.24, 2.45) is 0 Å². The number of aliphatic hydroxyl groups excluding tert-OH is 2. The first-order chi connectivity index (χ1) is 17.3. The van der Waals surface area contributed by atoms with Crippen molar-refractivity contribution in [2.75, 3.05) is 23.0 Å². The van der Waals surface area contributed by atoms with Gasteiger partial charge >= 0.3 is 0 Å². The summed E-state index contributed by atoms with van der Waals surface area (Å²) in [5, 5.41) is 30.7. The fourth-order valence-electron chi connectivity index (χ4n) is 4.04. The summed E-state index contributed by atoms with van der Waals surface area (Å²) < 4.78 is 29.8. The van der Waals surface area contributed by atoms with Crippen LogP contribution >= 0.6 is 0 Å². The summed E-state index contributed by atoms with van der Waals surface area (Å²) in [7, 11) is -3.42. The summed E-state index contributed by atoms with van der Waals surface area (Å²) in [6.07, 6.45) is 0.798. The van der Waals surface area contributed by atoms with E-state index in [-0.39, 0.29) is 35.4 Å². The Hall–Kier alpha value is -3.87. The van der Waals surface area contributed by atoms with E-state index in [0.717, 1.165) is 5.56 Å². The molecule has 36 heavy (non-hydrogen) atoms. The fraction of sp³-hybridized carbons (Fsp3) is 0.250. The van der Waals surface area contributed by atoms with Crippen LogP contribution in [-0.2, 0) is 9.84 Å². The van der Waals surface area contributed by atoms with E-state index in [1.165, 1.54) is 12.3 Å². The van der Waals surface area contributed by atoms with Crippen molar-refractivity contribution >= 4 is 27.3 Å². The third kappa shape index (κ3) is 4.78. The van der Waals surface area contributed by atoms with Gasteiger partial charge in [0.05, 0.1) is 35.0 Å². The molecular formula is C24H24N6O5S. The van der Waals surface area contributed by atoms with Crippen LogP contribution in [-0.4, -0.2) is 51.1 Å². The lowest BCUT2D eigenvalue weighted by Gasteiger charge is -2.22. The van der Waals surface area contributed by atoms with Gasteiger partial charge in [-0.3, -0.25) is 0 Å². The van der Waals surface area contributed by atoms with Crippen molar-refractivity contribution in [3.05, 3.63) is 71.7 Å². The highest BCUT2D eigenvalue weighted by Crippen LogP contribution is 2.35. The molecule has 3 heterocycles. The van der Waals surface area contributed by atoms with Crippen LogP contribution in [0.15, 0.2) is 64.1 Å². The summed E-state index contributed by atoms with van der Waals surface area (Å²) >= 11 is 0. The van der Waals surface area contributed by atoms with Crippen molar-refractivity contribution < 1.29 is 23.2 Å². The van der Waals surface area contributed by atoms with Crippen LogP contribution in [0, 0.1) is 6.92 Å². The smallest absolute Gasteiger partial charge is 0.229 e. The van der Waals surface area contributed by atoms with E-state index in [1.54, 1.807) is 19.1 Å². The van der Waals surface area contributed by atoms with Crippen LogP contribution in [0.5, 0.6) is 0 Å². The molecule has 0 radical (unpaired) electrons. The van der Waals surface area contributed by atoms with E-state index in [1.807, 2.05) is 30.3 Å². The Morgan fingerprint density at radius 1 is 1.17 bits per heavy atom. The molecule has 0 amide bonds. The minimum atomic E-state index is -3.42. The molecule has 2 aromatic carbocycles. The van der Waals surface area contributed by atoms with Crippen molar-refractivity contribution in [1.29, 1.82) is 0 Å². The zero-order chi connectivity index (χ0) is 25.3. The molecule has 5 rings (SSSR count). The molecule has 1 aliphatic heterocycles. The van der Waals surface area contributed by atoms with Crippen molar-refractivity contribution in [3.8, 4) is 11.4 Å². The number of nitrogens with one attached hydrogen (secondary N) is 2. The predicted octanol–water partition coefficient (Wildman–Crippen LogP) is 2.93. The zero-order valence-corrected chi connectivity index (χ0v) is 20.1. The van der Waals surface area contributed by atoms with E-state index < -0.39 is 22.0 Å². The van der Waals surface area contributed by atoms with Crippen LogP contribution in [0.4, 0.5) is 17.5 Å². The SMILES string of the molecule is Cc1nc(-c2cnc(Nc3ccc4c(c3)C(O)CCS4(=O)=O)nc2N[C@H](CO)c2ccccc2)no1. The lowest BCUT2D eigenvalue weighted by atomic mass is 10.1. The predicted molar refractivity (Wildman–Crippen MR) is 131 cm³/mol. The Morgan fingerprint density at radius 2 is 1.97 bits per heavy atom. The lowest BCUT2D eigenvalue weighted by Crippen LogP contribution is -2.20. The summed E-state index contributed by atoms with van der Waals surface area (Å²) in [5.74, 6) is 1.14. The standard InChI is InChI=1S/C24H24N6O5S/c1-14-26-23(30-35-14)18-12-25-24(29-22(18)28-19(13-31)15-5-3-2-4-6-15)27-16-7-8-21-17(11-16)20(32)9-10-36(21,33)34/h2-8,11-12,19-20,31-32H,9-10,13H2,1H3,(H2,25,27,28,29)/t19-,20?/m1/s1. The van der Waals surface area contributed by atoms with Gasteiger partial charge in [0, 0.05) is 24.4 Å². The lowest BCUT2D eigenvalue weighted by molar-refractivity contribution is 0.168. The second-order valence-corrected chi connectivity index (χ2v) is 10.5. The van der Waals surface area contributed by atoms with Gasteiger partial charge in [-0.25, -0.2) is 13.4 Å². The van der Waals surface area contributed by atoms with E-state index in [2.05, 4.69) is 30.7 Å². The molecule has 2 atom stereocenters. The van der Waals surface area contributed by atoms with Gasteiger partial charge in [-0.15, -0.1) is 0 Å². The summed E-state index contributed by atoms with van der Waals surface area (Å²) in [4.78, 5) is 13.3.